The maximum Gasteiger partial charge on any atom is 0.329 e. The van der Waals surface area contributed by atoms with Gasteiger partial charge in [0.25, 0.3) is 0 Å². The summed E-state index contributed by atoms with van der Waals surface area (Å²) < 4.78 is 26.8. The van der Waals surface area contributed by atoms with Crippen LogP contribution in [0.1, 0.15) is 23.6 Å². The van der Waals surface area contributed by atoms with E-state index in [1.807, 2.05) is 19.1 Å². The van der Waals surface area contributed by atoms with Crippen LogP contribution in [0.3, 0.4) is 0 Å². The number of hydrogen-bond donors (Lipinski definition) is 1. The lowest BCUT2D eigenvalue weighted by atomic mass is 10.1. The van der Waals surface area contributed by atoms with Gasteiger partial charge in [-0.1, -0.05) is 0 Å². The van der Waals surface area contributed by atoms with E-state index in [9.17, 15) is 10.1 Å². The van der Waals surface area contributed by atoms with Crippen LogP contribution in [0.25, 0.3) is 4.85 Å². The molecule has 0 saturated heterocycles. The molecule has 0 radical (unpaired) electrons. The van der Waals surface area contributed by atoms with Crippen LogP contribution in [0.2, 0.25) is 0 Å². The number of aryl methyl sites for hydroxylation is 1. The van der Waals surface area contributed by atoms with Crippen molar-refractivity contribution >= 4 is 38.7 Å². The van der Waals surface area contributed by atoms with E-state index in [2.05, 4.69) is 39.0 Å². The molecule has 0 unspecified atom stereocenters. The summed E-state index contributed by atoms with van der Waals surface area (Å²) in [7, 11) is 0. The Morgan fingerprint density at radius 1 is 1.00 bits per heavy atom. The first-order chi connectivity index (χ1) is 19.9. The fourth-order valence-corrected chi connectivity index (χ4v) is 4.39. The Labute approximate surface area is 244 Å². The average Bonchev–Trinajstić information content (AvgIpc) is 3.27. The van der Waals surface area contributed by atoms with Crippen molar-refractivity contribution in [3.63, 3.8) is 0 Å². The van der Waals surface area contributed by atoms with Crippen molar-refractivity contribution in [1.82, 2.24) is 0 Å². The molecule has 41 heavy (non-hydrogen) atoms. The lowest BCUT2D eigenvalue weighted by molar-refractivity contribution is -0.142. The van der Waals surface area contributed by atoms with Gasteiger partial charge in [0.1, 0.15) is 17.7 Å². The number of benzene rings is 1. The second kappa shape index (κ2) is 19.6. The topological polar surface area (TPSA) is 140 Å². The van der Waals surface area contributed by atoms with E-state index in [0.717, 1.165) is 24.3 Å². The Balaban J connectivity index is 1.62. The van der Waals surface area contributed by atoms with Crippen molar-refractivity contribution in [1.29, 1.82) is 5.26 Å². The molecule has 1 aromatic heterocycles. The van der Waals surface area contributed by atoms with Gasteiger partial charge >= 0.3 is 5.97 Å². The minimum atomic E-state index is -1.000. The maximum absolute atomic E-state index is 10.3. The Morgan fingerprint density at radius 3 is 2.10 bits per heavy atom. The first-order valence-electron chi connectivity index (χ1n) is 13.2. The molecule has 222 valence electrons. The lowest BCUT2D eigenvalue weighted by Crippen LogP contribution is -2.27. The highest BCUT2D eigenvalue weighted by Gasteiger charge is 2.14. The van der Waals surface area contributed by atoms with E-state index in [1.165, 1.54) is 11.3 Å². The van der Waals surface area contributed by atoms with E-state index in [-0.39, 0.29) is 13.2 Å². The summed E-state index contributed by atoms with van der Waals surface area (Å²) >= 11 is 1.18. The maximum atomic E-state index is 10.3. The average molecular weight is 588 g/mol. The van der Waals surface area contributed by atoms with Crippen LogP contribution in [0.4, 0.5) is 21.4 Å². The van der Waals surface area contributed by atoms with Gasteiger partial charge in [-0.2, -0.15) is 5.26 Å². The van der Waals surface area contributed by atoms with E-state index < -0.39 is 5.97 Å². The van der Waals surface area contributed by atoms with Gasteiger partial charge in [0.2, 0.25) is 5.00 Å². The third-order valence-electron chi connectivity index (χ3n) is 5.71. The molecule has 0 aliphatic rings. The van der Waals surface area contributed by atoms with Crippen molar-refractivity contribution in [2.24, 2.45) is 10.2 Å². The number of rotatable bonds is 21. The molecule has 0 bridgehead atoms. The number of thiophene rings is 1. The largest absolute Gasteiger partial charge is 0.480 e. The van der Waals surface area contributed by atoms with E-state index in [1.54, 1.807) is 6.92 Å². The molecule has 0 fully saturated rings. The summed E-state index contributed by atoms with van der Waals surface area (Å²) in [6.45, 7) is 18.1. The molecule has 13 heteroatoms. The summed E-state index contributed by atoms with van der Waals surface area (Å²) in [4.78, 5) is 16.0. The van der Waals surface area contributed by atoms with Crippen LogP contribution >= 0.6 is 11.3 Å². The second-order valence-corrected chi connectivity index (χ2v) is 9.56. The summed E-state index contributed by atoms with van der Waals surface area (Å²) in [5.74, 6) is -1.000. The monoisotopic (exact) mass is 587 g/mol. The SMILES string of the molecule is [C-]#[N+]c1sc(N=Nc2ccc(N(CC)CCOCCOCCOCCOCCOCC(=O)O)cc2C)c(C#N)c1C. The zero-order valence-electron chi connectivity index (χ0n) is 23.8. The molecule has 0 atom stereocenters. The lowest BCUT2D eigenvalue weighted by Gasteiger charge is -2.23. The number of azo groups is 1. The van der Waals surface area contributed by atoms with Crippen LogP contribution < -0.4 is 4.90 Å². The van der Waals surface area contributed by atoms with E-state index in [4.69, 9.17) is 35.4 Å². The van der Waals surface area contributed by atoms with Gasteiger partial charge < -0.3 is 33.7 Å². The number of anilines is 1. The minimum Gasteiger partial charge on any atom is -0.480 e. The van der Waals surface area contributed by atoms with Gasteiger partial charge in [-0.3, -0.25) is 0 Å². The number of carbonyl (C=O) groups is 1. The normalized spacial score (nSPS) is 11.0. The zero-order valence-corrected chi connectivity index (χ0v) is 24.6. The Kier molecular flexibility index (Phi) is 16.2. The van der Waals surface area contributed by atoms with Crippen LogP contribution in [-0.2, 0) is 28.5 Å². The molecule has 0 saturated carbocycles. The highest BCUT2D eigenvalue weighted by molar-refractivity contribution is 7.20. The van der Waals surface area contributed by atoms with Crippen molar-refractivity contribution in [2.75, 3.05) is 84.1 Å². The number of aliphatic carboxylic acids is 1. The summed E-state index contributed by atoms with van der Waals surface area (Å²) in [6.07, 6.45) is 0. The number of hydrogen-bond acceptors (Lipinski definition) is 11. The number of nitrogens with zero attached hydrogens (tertiary/aromatic N) is 5. The molecule has 1 heterocycles. The highest BCUT2D eigenvalue weighted by atomic mass is 32.1. The number of carboxylic acids is 1. The molecule has 2 rings (SSSR count). The van der Waals surface area contributed by atoms with Gasteiger partial charge in [0.15, 0.2) is 0 Å². The fourth-order valence-electron chi connectivity index (χ4n) is 3.53. The third-order valence-corrected chi connectivity index (χ3v) is 6.78. The fraction of sp³-hybridized carbons (Fsp3) is 0.536. The van der Waals surface area contributed by atoms with Gasteiger partial charge in [0.05, 0.1) is 77.3 Å². The van der Waals surface area contributed by atoms with Crippen LogP contribution in [0.5, 0.6) is 0 Å². The molecule has 0 aliphatic carbocycles. The molecule has 2 aromatic rings. The molecule has 1 N–H and O–H groups in total. The molecule has 0 amide bonds. The van der Waals surface area contributed by atoms with Gasteiger partial charge in [0, 0.05) is 18.8 Å². The third kappa shape index (κ3) is 12.3. The molecular weight excluding hydrogens is 550 g/mol. The first-order valence-corrected chi connectivity index (χ1v) is 14.0. The molecule has 1 aromatic carbocycles. The molecular formula is C28H37N5O7S. The number of likely N-dealkylation sites (N-methyl/N-ethyl adjacent to an activating group) is 1. The standard InChI is InChI=1S/C28H37N5O7S/c1-5-33(8-9-36-10-11-37-12-13-38-14-15-39-16-17-40-20-26(34)35)23-6-7-25(21(2)18-23)31-32-28-24(19-29)22(3)27(30-4)41-28/h6-7,18H,5,8-17,20H2,1-3H3,(H,34,35). The van der Waals surface area contributed by atoms with Crippen molar-refractivity contribution in [3.8, 4) is 6.07 Å². The van der Waals surface area contributed by atoms with Gasteiger partial charge in [-0.05, 0) is 50.1 Å². The Bertz CT molecular complexity index is 1210. The zero-order chi connectivity index (χ0) is 29.9. The number of nitriles is 1. The van der Waals surface area contributed by atoms with Crippen LogP contribution in [-0.4, -0.2) is 90.2 Å². The van der Waals surface area contributed by atoms with Crippen LogP contribution in [0.15, 0.2) is 28.4 Å². The Morgan fingerprint density at radius 2 is 1.59 bits per heavy atom. The quantitative estimate of drug-likeness (QED) is 0.119. The molecule has 0 spiro atoms. The summed E-state index contributed by atoms with van der Waals surface area (Å²) in [6, 6.07) is 8.06. The minimum absolute atomic E-state index is 0.235. The second-order valence-electron chi connectivity index (χ2n) is 8.58. The predicted molar refractivity (Wildman–Crippen MR) is 155 cm³/mol. The van der Waals surface area contributed by atoms with Crippen LogP contribution in [0, 0.1) is 31.8 Å². The van der Waals surface area contributed by atoms with E-state index in [0.29, 0.717) is 79.7 Å². The van der Waals surface area contributed by atoms with Gasteiger partial charge in [-0.15, -0.1) is 21.6 Å². The summed E-state index contributed by atoms with van der Waals surface area (Å²) in [5.41, 5.74) is 3.76. The first kappa shape index (κ1) is 33.8. The molecule has 12 nitrogen and oxygen atoms in total. The smallest absolute Gasteiger partial charge is 0.329 e. The Hall–Kier alpha value is -3.43. The molecule has 0 aliphatic heterocycles. The number of carboxylic acid groups (broad SMARTS) is 1. The van der Waals surface area contributed by atoms with Crippen molar-refractivity contribution in [3.05, 3.63) is 46.3 Å². The van der Waals surface area contributed by atoms with Crippen molar-refractivity contribution in [2.45, 2.75) is 20.8 Å². The highest BCUT2D eigenvalue weighted by Crippen LogP contribution is 2.41. The predicted octanol–water partition coefficient (Wildman–Crippen LogP) is 5.20. The summed E-state index contributed by atoms with van der Waals surface area (Å²) in [5, 5.41) is 27.4. The number of ether oxygens (including phenoxy) is 5. The van der Waals surface area contributed by atoms with E-state index >= 15 is 0 Å². The van der Waals surface area contributed by atoms with Crippen molar-refractivity contribution < 1.29 is 33.6 Å². The van der Waals surface area contributed by atoms with Gasteiger partial charge in [-0.25, -0.2) is 9.64 Å².